The molecule has 0 bridgehead atoms. The maximum absolute atomic E-state index is 13.3. The van der Waals surface area contributed by atoms with Gasteiger partial charge in [-0.15, -0.1) is 0 Å². The molecule has 0 atom stereocenters. The maximum Gasteiger partial charge on any atom is 0.344 e. The van der Waals surface area contributed by atoms with Crippen molar-refractivity contribution in [3.63, 3.8) is 0 Å². The number of allylic oxidation sites excluding steroid dienone is 2. The van der Waals surface area contributed by atoms with Crippen LogP contribution in [0, 0.1) is 15.9 Å². The summed E-state index contributed by atoms with van der Waals surface area (Å²) in [6, 6.07) is 10.6. The molecule has 23 heavy (non-hydrogen) atoms. The fourth-order valence-electron chi connectivity index (χ4n) is 1.85. The zero-order chi connectivity index (χ0) is 16.8. The van der Waals surface area contributed by atoms with E-state index in [4.69, 9.17) is 4.74 Å². The van der Waals surface area contributed by atoms with Crippen molar-refractivity contribution in [2.24, 2.45) is 0 Å². The van der Waals surface area contributed by atoms with Crippen LogP contribution in [0.5, 0.6) is 5.75 Å². The van der Waals surface area contributed by atoms with Crippen LogP contribution in [0.4, 0.5) is 10.1 Å². The van der Waals surface area contributed by atoms with Crippen molar-refractivity contribution in [1.29, 1.82) is 0 Å². The summed E-state index contributed by atoms with van der Waals surface area (Å²) in [5.41, 5.74) is 0.353. The summed E-state index contributed by atoms with van der Waals surface area (Å²) in [5, 5.41) is 10.6. The molecule has 116 valence electrons. The van der Waals surface area contributed by atoms with E-state index in [1.165, 1.54) is 54.6 Å². The van der Waals surface area contributed by atoms with E-state index in [2.05, 4.69) is 6.58 Å². The van der Waals surface area contributed by atoms with Crippen LogP contribution < -0.4 is 4.74 Å². The Bertz CT molecular complexity index is 781. The van der Waals surface area contributed by atoms with Crippen LogP contribution in [0.3, 0.4) is 0 Å². The van der Waals surface area contributed by atoms with E-state index in [-0.39, 0.29) is 17.0 Å². The second-order valence-electron chi connectivity index (χ2n) is 4.47. The highest BCUT2D eigenvalue weighted by Crippen LogP contribution is 2.22. The van der Waals surface area contributed by atoms with Crippen LogP contribution in [-0.2, 0) is 4.79 Å². The molecule has 0 radical (unpaired) electrons. The molecule has 2 aromatic rings. The van der Waals surface area contributed by atoms with Crippen molar-refractivity contribution in [2.45, 2.75) is 0 Å². The Hall–Kier alpha value is -3.28. The normalized spacial score (nSPS) is 10.9. The van der Waals surface area contributed by atoms with E-state index in [9.17, 15) is 19.3 Å². The highest BCUT2D eigenvalue weighted by atomic mass is 19.1. The third-order valence-electron chi connectivity index (χ3n) is 2.90. The van der Waals surface area contributed by atoms with Gasteiger partial charge < -0.3 is 4.74 Å². The Morgan fingerprint density at radius 3 is 2.48 bits per heavy atom. The summed E-state index contributed by atoms with van der Waals surface area (Å²) < 4.78 is 18.5. The number of nitro groups is 1. The third kappa shape index (κ3) is 4.10. The zero-order valence-corrected chi connectivity index (χ0v) is 11.9. The van der Waals surface area contributed by atoms with Gasteiger partial charge in [-0.1, -0.05) is 24.8 Å². The molecule has 6 heteroatoms. The van der Waals surface area contributed by atoms with E-state index in [1.807, 2.05) is 0 Å². The lowest BCUT2D eigenvalue weighted by molar-refractivity contribution is -0.384. The van der Waals surface area contributed by atoms with Gasteiger partial charge in [-0.25, -0.2) is 9.18 Å². The van der Waals surface area contributed by atoms with E-state index in [1.54, 1.807) is 6.07 Å². The number of esters is 1. The van der Waals surface area contributed by atoms with Gasteiger partial charge in [-0.05, 0) is 35.9 Å². The molecule has 0 amide bonds. The van der Waals surface area contributed by atoms with Crippen molar-refractivity contribution in [1.82, 2.24) is 0 Å². The SMILES string of the molecule is C=C/C=C(/C(=O)Oc1ccc([N+](=O)[O-])cc1)c1cccc(F)c1. The Balaban J connectivity index is 2.24. The zero-order valence-electron chi connectivity index (χ0n) is 11.9. The van der Waals surface area contributed by atoms with Crippen molar-refractivity contribution < 1.29 is 18.8 Å². The van der Waals surface area contributed by atoms with Crippen LogP contribution in [0.2, 0.25) is 0 Å². The molecule has 0 saturated carbocycles. The number of halogens is 1. The van der Waals surface area contributed by atoms with Gasteiger partial charge in [0.2, 0.25) is 0 Å². The monoisotopic (exact) mass is 313 g/mol. The smallest absolute Gasteiger partial charge is 0.344 e. The molecule has 0 aromatic heterocycles. The van der Waals surface area contributed by atoms with Crippen LogP contribution in [0.25, 0.3) is 5.57 Å². The third-order valence-corrected chi connectivity index (χ3v) is 2.90. The largest absolute Gasteiger partial charge is 0.423 e. The molecule has 0 heterocycles. The molecule has 0 fully saturated rings. The number of nitro benzene ring substituents is 1. The molecule has 0 N–H and O–H groups in total. The maximum atomic E-state index is 13.3. The Kier molecular flexibility index (Phi) is 4.99. The first-order valence-electron chi connectivity index (χ1n) is 6.56. The summed E-state index contributed by atoms with van der Waals surface area (Å²) in [6.45, 7) is 3.52. The molecular formula is C17H12FNO4. The highest BCUT2D eigenvalue weighted by molar-refractivity contribution is 6.17. The van der Waals surface area contributed by atoms with Gasteiger partial charge in [0.1, 0.15) is 11.6 Å². The van der Waals surface area contributed by atoms with Crippen molar-refractivity contribution >= 4 is 17.2 Å². The molecule has 5 nitrogen and oxygen atoms in total. The molecule has 0 saturated heterocycles. The average molecular weight is 313 g/mol. The number of benzene rings is 2. The molecule has 0 aliphatic rings. The minimum Gasteiger partial charge on any atom is -0.423 e. The summed E-state index contributed by atoms with van der Waals surface area (Å²) >= 11 is 0. The fraction of sp³-hybridized carbons (Fsp3) is 0. The number of nitrogens with zero attached hydrogens (tertiary/aromatic N) is 1. The lowest BCUT2D eigenvalue weighted by Crippen LogP contribution is -2.10. The highest BCUT2D eigenvalue weighted by Gasteiger charge is 2.15. The van der Waals surface area contributed by atoms with E-state index in [0.29, 0.717) is 5.56 Å². The molecule has 0 spiro atoms. The first-order valence-corrected chi connectivity index (χ1v) is 6.56. The topological polar surface area (TPSA) is 69.4 Å². The Morgan fingerprint density at radius 1 is 1.22 bits per heavy atom. The summed E-state index contributed by atoms with van der Waals surface area (Å²) in [6.07, 6.45) is 2.79. The van der Waals surface area contributed by atoms with Crippen LogP contribution in [0.15, 0.2) is 67.3 Å². The molecule has 0 aliphatic heterocycles. The standard InChI is InChI=1S/C17H12FNO4/c1-2-4-16(12-5-3-6-13(18)11-12)17(20)23-15-9-7-14(8-10-15)19(21)22/h2-11H,1H2/b16-4+. The Morgan fingerprint density at radius 2 is 1.91 bits per heavy atom. The minimum atomic E-state index is -0.718. The molecule has 0 aliphatic carbocycles. The van der Waals surface area contributed by atoms with Gasteiger partial charge in [0.05, 0.1) is 10.5 Å². The van der Waals surface area contributed by atoms with E-state index in [0.717, 1.165) is 0 Å². The number of ether oxygens (including phenoxy) is 1. The predicted octanol–water partition coefficient (Wildman–Crippen LogP) is 3.91. The molecule has 0 unspecified atom stereocenters. The number of non-ortho nitro benzene ring substituents is 1. The second-order valence-corrected chi connectivity index (χ2v) is 4.47. The number of hydrogen-bond donors (Lipinski definition) is 0. The molecular weight excluding hydrogens is 301 g/mol. The first-order chi connectivity index (χ1) is 11.0. The van der Waals surface area contributed by atoms with Gasteiger partial charge in [0, 0.05) is 12.1 Å². The molecule has 2 rings (SSSR count). The van der Waals surface area contributed by atoms with Crippen LogP contribution >= 0.6 is 0 Å². The Labute approximate surface area is 131 Å². The van der Waals surface area contributed by atoms with Crippen LogP contribution in [0.1, 0.15) is 5.56 Å². The van der Waals surface area contributed by atoms with Crippen LogP contribution in [-0.4, -0.2) is 10.9 Å². The van der Waals surface area contributed by atoms with Gasteiger partial charge in [0.25, 0.3) is 5.69 Å². The number of rotatable bonds is 5. The van der Waals surface area contributed by atoms with Gasteiger partial charge in [-0.2, -0.15) is 0 Å². The lowest BCUT2D eigenvalue weighted by atomic mass is 10.1. The van der Waals surface area contributed by atoms with Crippen molar-refractivity contribution in [2.75, 3.05) is 0 Å². The summed E-state index contributed by atoms with van der Waals surface area (Å²) in [7, 11) is 0. The first kappa shape index (κ1) is 16.1. The van der Waals surface area contributed by atoms with Crippen molar-refractivity contribution in [3.8, 4) is 5.75 Å². The van der Waals surface area contributed by atoms with Gasteiger partial charge in [-0.3, -0.25) is 10.1 Å². The van der Waals surface area contributed by atoms with Gasteiger partial charge >= 0.3 is 5.97 Å². The van der Waals surface area contributed by atoms with Gasteiger partial charge in [0.15, 0.2) is 0 Å². The number of carbonyl (C=O) groups excluding carboxylic acids is 1. The average Bonchev–Trinajstić information content (AvgIpc) is 2.53. The van der Waals surface area contributed by atoms with E-state index < -0.39 is 16.7 Å². The fourth-order valence-corrected chi connectivity index (χ4v) is 1.85. The lowest BCUT2D eigenvalue weighted by Gasteiger charge is -2.08. The number of carbonyl (C=O) groups is 1. The number of hydrogen-bond acceptors (Lipinski definition) is 4. The quantitative estimate of drug-likeness (QED) is 0.209. The minimum absolute atomic E-state index is 0.114. The summed E-state index contributed by atoms with van der Waals surface area (Å²) in [4.78, 5) is 22.3. The predicted molar refractivity (Wildman–Crippen MR) is 83.3 cm³/mol. The molecule has 2 aromatic carbocycles. The van der Waals surface area contributed by atoms with E-state index >= 15 is 0 Å². The van der Waals surface area contributed by atoms with Crippen molar-refractivity contribution in [3.05, 3.63) is 88.8 Å². The summed E-state index contributed by atoms with van der Waals surface area (Å²) in [5.74, 6) is -1.06. The second kappa shape index (κ2) is 7.13.